The molecular weight excluding hydrogens is 362 g/mol. The van der Waals surface area contributed by atoms with E-state index < -0.39 is 0 Å². The number of hydrogen-bond donors (Lipinski definition) is 0. The second kappa shape index (κ2) is 8.37. The van der Waals surface area contributed by atoms with Crippen LogP contribution in [0.15, 0.2) is 48.5 Å². The van der Waals surface area contributed by atoms with Crippen molar-refractivity contribution in [3.05, 3.63) is 70.8 Å². The molecule has 2 aromatic rings. The molecule has 0 aliphatic carbocycles. The van der Waals surface area contributed by atoms with Crippen molar-refractivity contribution in [2.24, 2.45) is 0 Å². The van der Waals surface area contributed by atoms with Gasteiger partial charge in [0.1, 0.15) is 0 Å². The van der Waals surface area contributed by atoms with E-state index in [-0.39, 0.29) is 11.8 Å². The van der Waals surface area contributed by atoms with Crippen LogP contribution < -0.4 is 0 Å². The zero-order valence-electron chi connectivity index (χ0n) is 17.3. The van der Waals surface area contributed by atoms with E-state index in [0.29, 0.717) is 25.6 Å². The van der Waals surface area contributed by atoms with Crippen molar-refractivity contribution >= 4 is 11.8 Å². The SMILES string of the molecule is Cc1ccc([C@H](C)N2CCN(C(=O)CCN3Cc4ccccc4C3=O)CC2)cc1. The Morgan fingerprint density at radius 1 is 1.00 bits per heavy atom. The summed E-state index contributed by atoms with van der Waals surface area (Å²) in [6, 6.07) is 16.8. The first-order valence-electron chi connectivity index (χ1n) is 10.5. The molecule has 2 heterocycles. The topological polar surface area (TPSA) is 43.9 Å². The van der Waals surface area contributed by atoms with Crippen LogP contribution in [0.5, 0.6) is 0 Å². The highest BCUT2D eigenvalue weighted by molar-refractivity contribution is 5.98. The molecule has 2 aliphatic heterocycles. The molecule has 0 N–H and O–H groups in total. The number of rotatable bonds is 5. The highest BCUT2D eigenvalue weighted by atomic mass is 16.2. The predicted octanol–water partition coefficient (Wildman–Crippen LogP) is 3.25. The molecule has 0 saturated carbocycles. The van der Waals surface area contributed by atoms with Gasteiger partial charge in [-0.2, -0.15) is 0 Å². The van der Waals surface area contributed by atoms with E-state index in [1.807, 2.05) is 29.2 Å². The first kappa shape index (κ1) is 19.6. The highest BCUT2D eigenvalue weighted by Gasteiger charge is 2.29. The molecule has 0 spiro atoms. The largest absolute Gasteiger partial charge is 0.340 e. The Bertz CT molecular complexity index is 885. The van der Waals surface area contributed by atoms with E-state index in [9.17, 15) is 9.59 Å². The van der Waals surface area contributed by atoms with Crippen molar-refractivity contribution in [2.45, 2.75) is 32.9 Å². The number of carbonyl (C=O) groups is 2. The van der Waals surface area contributed by atoms with E-state index in [1.54, 1.807) is 4.90 Å². The number of piperazine rings is 1. The Kier molecular flexibility index (Phi) is 5.67. The molecular formula is C24H29N3O2. The van der Waals surface area contributed by atoms with E-state index in [2.05, 4.69) is 43.0 Å². The third-order valence-electron chi connectivity index (χ3n) is 6.27. The molecule has 1 saturated heterocycles. The Hall–Kier alpha value is -2.66. The molecule has 0 aromatic heterocycles. The smallest absolute Gasteiger partial charge is 0.254 e. The fraction of sp³-hybridized carbons (Fsp3) is 0.417. The molecule has 4 rings (SSSR count). The molecule has 5 heteroatoms. The molecule has 5 nitrogen and oxygen atoms in total. The van der Waals surface area contributed by atoms with Crippen molar-refractivity contribution in [3.8, 4) is 0 Å². The molecule has 29 heavy (non-hydrogen) atoms. The van der Waals surface area contributed by atoms with Crippen LogP contribution in [0.25, 0.3) is 0 Å². The maximum Gasteiger partial charge on any atom is 0.254 e. The lowest BCUT2D eigenvalue weighted by molar-refractivity contribution is -0.133. The summed E-state index contributed by atoms with van der Waals surface area (Å²) in [5.41, 5.74) is 4.43. The number of nitrogens with zero attached hydrogens (tertiary/aromatic N) is 3. The summed E-state index contributed by atoms with van der Waals surface area (Å²) in [5.74, 6) is 0.196. The minimum absolute atomic E-state index is 0.0464. The standard InChI is InChI=1S/C24H29N3O2/c1-18-7-9-20(10-8-18)19(2)25-13-15-26(16-14-25)23(28)11-12-27-17-21-5-3-4-6-22(21)24(27)29/h3-10,19H,11-17H2,1-2H3/t19-/m0/s1. The second-order valence-electron chi connectivity index (χ2n) is 8.14. The third-order valence-corrected chi connectivity index (χ3v) is 6.27. The average Bonchev–Trinajstić information content (AvgIpc) is 3.08. The van der Waals surface area contributed by atoms with Gasteiger partial charge < -0.3 is 9.80 Å². The number of amides is 2. The van der Waals surface area contributed by atoms with Crippen molar-refractivity contribution in [1.82, 2.24) is 14.7 Å². The van der Waals surface area contributed by atoms with Gasteiger partial charge in [-0.05, 0) is 31.0 Å². The van der Waals surface area contributed by atoms with Gasteiger partial charge in [-0.15, -0.1) is 0 Å². The summed E-state index contributed by atoms with van der Waals surface area (Å²) in [4.78, 5) is 31.3. The van der Waals surface area contributed by atoms with Crippen LogP contribution in [0, 0.1) is 6.92 Å². The molecule has 1 fully saturated rings. The molecule has 152 valence electrons. The highest BCUT2D eigenvalue weighted by Crippen LogP contribution is 2.24. The third kappa shape index (κ3) is 4.20. The minimum Gasteiger partial charge on any atom is -0.340 e. The molecule has 1 atom stereocenters. The summed E-state index contributed by atoms with van der Waals surface area (Å²) in [7, 11) is 0. The zero-order chi connectivity index (χ0) is 20.4. The first-order chi connectivity index (χ1) is 14.0. The van der Waals surface area contributed by atoms with Crippen LogP contribution in [-0.4, -0.2) is 59.2 Å². The van der Waals surface area contributed by atoms with Gasteiger partial charge in [0, 0.05) is 57.3 Å². The lowest BCUT2D eigenvalue weighted by Crippen LogP contribution is -2.49. The number of hydrogen-bond acceptors (Lipinski definition) is 3. The monoisotopic (exact) mass is 391 g/mol. The van der Waals surface area contributed by atoms with Crippen LogP contribution in [0.4, 0.5) is 0 Å². The van der Waals surface area contributed by atoms with Crippen LogP contribution in [0.3, 0.4) is 0 Å². The van der Waals surface area contributed by atoms with Crippen LogP contribution in [-0.2, 0) is 11.3 Å². The van der Waals surface area contributed by atoms with Gasteiger partial charge in [-0.25, -0.2) is 0 Å². The summed E-state index contributed by atoms with van der Waals surface area (Å²) >= 11 is 0. The molecule has 2 aromatic carbocycles. The van der Waals surface area contributed by atoms with Crippen molar-refractivity contribution in [2.75, 3.05) is 32.7 Å². The van der Waals surface area contributed by atoms with Crippen LogP contribution in [0.2, 0.25) is 0 Å². The van der Waals surface area contributed by atoms with Crippen LogP contribution in [0.1, 0.15) is 46.4 Å². The van der Waals surface area contributed by atoms with Gasteiger partial charge in [-0.3, -0.25) is 14.5 Å². The number of benzene rings is 2. The number of fused-ring (bicyclic) bond motifs is 1. The van der Waals surface area contributed by atoms with Crippen molar-refractivity contribution in [3.63, 3.8) is 0 Å². The Morgan fingerprint density at radius 3 is 2.38 bits per heavy atom. The molecule has 2 amide bonds. The predicted molar refractivity (Wildman–Crippen MR) is 114 cm³/mol. The summed E-state index contributed by atoms with van der Waals surface area (Å²) in [6.07, 6.45) is 0.396. The zero-order valence-corrected chi connectivity index (χ0v) is 17.3. The average molecular weight is 392 g/mol. The van der Waals surface area contributed by atoms with Gasteiger partial charge >= 0.3 is 0 Å². The summed E-state index contributed by atoms with van der Waals surface area (Å²) in [6.45, 7) is 8.72. The second-order valence-corrected chi connectivity index (χ2v) is 8.14. The molecule has 0 bridgehead atoms. The molecule has 0 unspecified atom stereocenters. The van der Waals surface area contributed by atoms with Gasteiger partial charge in [-0.1, -0.05) is 48.0 Å². The Morgan fingerprint density at radius 2 is 1.69 bits per heavy atom. The lowest BCUT2D eigenvalue weighted by atomic mass is 10.0. The van der Waals surface area contributed by atoms with E-state index in [0.717, 1.165) is 37.3 Å². The summed E-state index contributed by atoms with van der Waals surface area (Å²) < 4.78 is 0. The van der Waals surface area contributed by atoms with Gasteiger partial charge in [0.25, 0.3) is 5.91 Å². The quantitative estimate of drug-likeness (QED) is 0.786. The van der Waals surface area contributed by atoms with Gasteiger partial charge in [0.15, 0.2) is 0 Å². The minimum atomic E-state index is 0.0464. The first-order valence-corrected chi connectivity index (χ1v) is 10.5. The van der Waals surface area contributed by atoms with Crippen molar-refractivity contribution < 1.29 is 9.59 Å². The fourth-order valence-electron chi connectivity index (χ4n) is 4.30. The molecule has 2 aliphatic rings. The van der Waals surface area contributed by atoms with E-state index in [1.165, 1.54) is 11.1 Å². The Labute approximate surface area is 172 Å². The van der Waals surface area contributed by atoms with Gasteiger partial charge in [0.2, 0.25) is 5.91 Å². The van der Waals surface area contributed by atoms with E-state index >= 15 is 0 Å². The van der Waals surface area contributed by atoms with Crippen molar-refractivity contribution in [1.29, 1.82) is 0 Å². The van der Waals surface area contributed by atoms with Crippen LogP contribution >= 0.6 is 0 Å². The maximum absolute atomic E-state index is 12.7. The molecule has 0 radical (unpaired) electrons. The summed E-state index contributed by atoms with van der Waals surface area (Å²) in [5, 5.41) is 0. The number of aryl methyl sites for hydroxylation is 1. The van der Waals surface area contributed by atoms with Gasteiger partial charge in [0.05, 0.1) is 0 Å². The Balaban J connectivity index is 1.25. The number of carbonyl (C=O) groups excluding carboxylic acids is 2. The lowest BCUT2D eigenvalue weighted by Gasteiger charge is -2.38. The maximum atomic E-state index is 12.7. The normalized spacial score (nSPS) is 18.1. The fourth-order valence-corrected chi connectivity index (χ4v) is 4.30. The van der Waals surface area contributed by atoms with E-state index in [4.69, 9.17) is 0 Å².